The summed E-state index contributed by atoms with van der Waals surface area (Å²) in [6, 6.07) is 2.85. The molecule has 37 heavy (non-hydrogen) atoms. The van der Waals surface area contributed by atoms with Gasteiger partial charge in [-0.1, -0.05) is 62.3 Å². The molecule has 0 aliphatic carbocycles. The Balaban J connectivity index is 2.24. The minimum Gasteiger partial charge on any atom is -0.416 e. The molecule has 0 unspecified atom stereocenters. The summed E-state index contributed by atoms with van der Waals surface area (Å²) in [4.78, 5) is 17.8. The molecule has 208 valence electrons. The number of hydrogen-bond acceptors (Lipinski definition) is 6. The second-order valence-electron chi connectivity index (χ2n) is 12.5. The molecule has 0 fully saturated rings. The van der Waals surface area contributed by atoms with Crippen LogP contribution in [0.1, 0.15) is 95.7 Å². The molecule has 0 saturated carbocycles. The normalized spacial score (nSPS) is 13.5. The summed E-state index contributed by atoms with van der Waals surface area (Å²) in [7, 11) is -6.14. The summed E-state index contributed by atoms with van der Waals surface area (Å²) < 4.78 is 48.7. The van der Waals surface area contributed by atoms with Crippen LogP contribution in [0.5, 0.6) is 0 Å². The van der Waals surface area contributed by atoms with E-state index in [9.17, 15) is 17.6 Å². The van der Waals surface area contributed by atoms with Crippen molar-refractivity contribution >= 4 is 35.6 Å². The van der Waals surface area contributed by atoms with Gasteiger partial charge in [0.1, 0.15) is 5.82 Å². The third-order valence-electron chi connectivity index (χ3n) is 7.09. The molecular weight excluding hydrogens is 528 g/mol. The average Bonchev–Trinajstić information content (AvgIpc) is 3.24. The van der Waals surface area contributed by atoms with Gasteiger partial charge in [-0.25, -0.2) is 14.1 Å². The van der Waals surface area contributed by atoms with E-state index in [0.717, 1.165) is 16.2 Å². The molecule has 0 bridgehead atoms. The van der Waals surface area contributed by atoms with Crippen molar-refractivity contribution in [2.45, 2.75) is 108 Å². The molecule has 1 N–H and O–H groups in total. The first-order valence-electron chi connectivity index (χ1n) is 12.7. The first-order chi connectivity index (χ1) is 16.7. The molecule has 1 aromatic heterocycles. The van der Waals surface area contributed by atoms with Crippen LogP contribution in [0.4, 0.5) is 4.39 Å². The van der Waals surface area contributed by atoms with Crippen molar-refractivity contribution in [2.24, 2.45) is 0 Å². The summed E-state index contributed by atoms with van der Waals surface area (Å²) in [5, 5.41) is 0.0605. The van der Waals surface area contributed by atoms with E-state index in [2.05, 4.69) is 43.6 Å². The number of carbonyl (C=O) groups excluding carboxylic acids is 1. The Morgan fingerprint density at radius 1 is 1.08 bits per heavy atom. The topological polar surface area (TPSA) is 85.4 Å². The van der Waals surface area contributed by atoms with Crippen molar-refractivity contribution in [3.05, 3.63) is 45.7 Å². The molecule has 0 radical (unpaired) electrons. The van der Waals surface area contributed by atoms with Gasteiger partial charge in [0.15, 0.2) is 8.32 Å². The molecule has 2 aromatic rings. The molecule has 0 aliphatic rings. The molecule has 1 aromatic carbocycles. The smallest absolute Gasteiger partial charge is 0.291 e. The second-order valence-corrected chi connectivity index (χ2v) is 20.2. The van der Waals surface area contributed by atoms with Crippen molar-refractivity contribution in [2.75, 3.05) is 6.61 Å². The zero-order valence-corrected chi connectivity index (χ0v) is 26.7. The third-order valence-corrected chi connectivity index (χ3v) is 14.7. The highest BCUT2D eigenvalue weighted by Gasteiger charge is 2.39. The lowest BCUT2D eigenvalue weighted by Gasteiger charge is -2.38. The second kappa shape index (κ2) is 11.2. The first kappa shape index (κ1) is 31.6. The number of aromatic nitrogens is 1. The van der Waals surface area contributed by atoms with Crippen molar-refractivity contribution in [3.8, 4) is 0 Å². The van der Waals surface area contributed by atoms with Crippen LogP contribution in [0.2, 0.25) is 18.1 Å². The highest BCUT2D eigenvalue weighted by molar-refractivity contribution is 7.92. The summed E-state index contributed by atoms with van der Waals surface area (Å²) in [5.74, 6) is -1.08. The molecule has 0 saturated heterocycles. The predicted molar refractivity (Wildman–Crippen MR) is 152 cm³/mol. The van der Waals surface area contributed by atoms with Gasteiger partial charge in [0.05, 0.1) is 6.42 Å². The third kappa shape index (κ3) is 7.71. The Hall–Kier alpha value is -1.62. The maximum absolute atomic E-state index is 14.2. The molecule has 0 atom stereocenters. The summed E-state index contributed by atoms with van der Waals surface area (Å²) in [6.07, 6.45) is 1.39. The van der Waals surface area contributed by atoms with E-state index in [1.165, 1.54) is 12.1 Å². The number of sulfonamides is 1. The highest BCUT2D eigenvalue weighted by atomic mass is 32.2. The van der Waals surface area contributed by atoms with Gasteiger partial charge >= 0.3 is 0 Å². The lowest BCUT2D eigenvalue weighted by atomic mass is 9.87. The Labute approximate surface area is 227 Å². The van der Waals surface area contributed by atoms with E-state index in [4.69, 9.17) is 4.43 Å². The van der Waals surface area contributed by atoms with Gasteiger partial charge in [0, 0.05) is 23.1 Å². The number of amides is 1. The van der Waals surface area contributed by atoms with Crippen LogP contribution in [0.15, 0.2) is 22.7 Å². The standard InChI is InChI=1S/C27H43FN2O4S2Si/c1-17(2)20-12-19(28)13-21(18(3)4)22(20)14-24(31)30-36(32,33)25-29-15-23(35-25)27(8,9)16-34-37(10,11)26(5,6)7/h12-13,15,17-18H,14,16H2,1-11H3,(H,30,31). The minimum absolute atomic E-state index is 0.0232. The van der Waals surface area contributed by atoms with E-state index < -0.39 is 29.7 Å². The summed E-state index contributed by atoms with van der Waals surface area (Å²) in [5.41, 5.74) is 1.63. The number of rotatable bonds is 10. The highest BCUT2D eigenvalue weighted by Crippen LogP contribution is 2.39. The molecule has 10 heteroatoms. The van der Waals surface area contributed by atoms with Crippen LogP contribution >= 0.6 is 11.3 Å². The zero-order chi connectivity index (χ0) is 28.6. The Kier molecular flexibility index (Phi) is 9.60. The van der Waals surface area contributed by atoms with E-state index in [1.54, 1.807) is 6.20 Å². The monoisotopic (exact) mass is 570 g/mol. The number of nitrogens with zero attached hydrogens (tertiary/aromatic N) is 1. The lowest BCUT2D eigenvalue weighted by molar-refractivity contribution is -0.118. The van der Waals surface area contributed by atoms with Gasteiger partial charge in [-0.2, -0.15) is 8.42 Å². The number of halogens is 1. The molecule has 0 aliphatic heterocycles. The van der Waals surface area contributed by atoms with Crippen LogP contribution < -0.4 is 4.72 Å². The SMILES string of the molecule is CC(C)c1cc(F)cc(C(C)C)c1CC(=O)NS(=O)(=O)c1ncc(C(C)(C)CO[Si](C)(C)C(C)(C)C)s1. The number of nitrogens with one attached hydrogen (secondary N) is 1. The zero-order valence-electron chi connectivity index (χ0n) is 24.1. The van der Waals surface area contributed by atoms with Crippen molar-refractivity contribution < 1.29 is 22.0 Å². The maximum atomic E-state index is 14.2. The fraction of sp³-hybridized carbons (Fsp3) is 0.630. The largest absolute Gasteiger partial charge is 0.416 e. The lowest BCUT2D eigenvalue weighted by Crippen LogP contribution is -2.43. The summed E-state index contributed by atoms with van der Waals surface area (Å²) in [6.45, 7) is 23.0. The van der Waals surface area contributed by atoms with Crippen LogP contribution in [-0.2, 0) is 31.1 Å². The summed E-state index contributed by atoms with van der Waals surface area (Å²) >= 11 is 1.04. The van der Waals surface area contributed by atoms with Gasteiger partial charge < -0.3 is 4.43 Å². The van der Waals surface area contributed by atoms with Crippen molar-refractivity contribution in [3.63, 3.8) is 0 Å². The number of thiazole rings is 1. The molecule has 1 heterocycles. The molecule has 0 spiro atoms. The average molecular weight is 571 g/mol. The Morgan fingerprint density at radius 3 is 2.05 bits per heavy atom. The van der Waals surface area contributed by atoms with Crippen molar-refractivity contribution in [1.82, 2.24) is 9.71 Å². The van der Waals surface area contributed by atoms with Crippen LogP contribution in [0, 0.1) is 5.82 Å². The van der Waals surface area contributed by atoms with E-state index in [1.807, 2.05) is 41.5 Å². The van der Waals surface area contributed by atoms with Crippen LogP contribution in [0.25, 0.3) is 0 Å². The van der Waals surface area contributed by atoms with Gasteiger partial charge in [-0.15, -0.1) is 11.3 Å². The van der Waals surface area contributed by atoms with Crippen LogP contribution in [0.3, 0.4) is 0 Å². The van der Waals surface area contributed by atoms with Gasteiger partial charge in [0.25, 0.3) is 10.0 Å². The van der Waals surface area contributed by atoms with E-state index in [-0.39, 0.29) is 33.5 Å². The van der Waals surface area contributed by atoms with E-state index >= 15 is 0 Å². The molecule has 1 amide bonds. The van der Waals surface area contributed by atoms with Gasteiger partial charge in [-0.05, 0) is 58.8 Å². The molecule has 6 nitrogen and oxygen atoms in total. The van der Waals surface area contributed by atoms with E-state index in [0.29, 0.717) is 23.3 Å². The fourth-order valence-electron chi connectivity index (χ4n) is 3.65. The van der Waals surface area contributed by atoms with Gasteiger partial charge in [0.2, 0.25) is 10.2 Å². The van der Waals surface area contributed by atoms with Crippen molar-refractivity contribution in [1.29, 1.82) is 0 Å². The first-order valence-corrected chi connectivity index (χ1v) is 17.9. The Bertz CT molecular complexity index is 1200. The Morgan fingerprint density at radius 2 is 1.59 bits per heavy atom. The predicted octanol–water partition coefficient (Wildman–Crippen LogP) is 6.88. The minimum atomic E-state index is -4.16. The number of hydrogen-bond donors (Lipinski definition) is 1. The quantitative estimate of drug-likeness (QED) is 0.315. The number of benzene rings is 1. The maximum Gasteiger partial charge on any atom is 0.291 e. The van der Waals surface area contributed by atoms with Gasteiger partial charge in [-0.3, -0.25) is 4.79 Å². The molecule has 2 rings (SSSR count). The molecular formula is C27H43FN2O4S2Si. The van der Waals surface area contributed by atoms with Crippen LogP contribution in [-0.4, -0.2) is 34.2 Å². The fourth-order valence-corrected chi connectivity index (χ4v) is 7.02. The number of carbonyl (C=O) groups is 1.